The van der Waals surface area contributed by atoms with Gasteiger partial charge < -0.3 is 0 Å². The van der Waals surface area contributed by atoms with Gasteiger partial charge in [0.1, 0.15) is 5.69 Å². The van der Waals surface area contributed by atoms with Crippen LogP contribution in [0.25, 0.3) is 5.69 Å². The Morgan fingerprint density at radius 3 is 2.04 bits per heavy atom. The Hall–Kier alpha value is -2.08. The fourth-order valence-corrected chi connectivity index (χ4v) is 2.74. The van der Waals surface area contributed by atoms with Crippen molar-refractivity contribution in [2.24, 2.45) is 0 Å². The average Bonchev–Trinajstić information content (AvgIpc) is 2.47. The summed E-state index contributed by atoms with van der Waals surface area (Å²) < 4.78 is 76.7. The molecule has 0 amide bonds. The van der Waals surface area contributed by atoms with Crippen LogP contribution in [0.5, 0.6) is 0 Å². The standard InChI is InChI=1S/C13H4BrClF6N2O3/c14-7-1-6(13(19,20)21)4-22(11(7)24)10-8(15)2-5(12(16,17)18)3-9(10)23(25)26/h1-4H. The Bertz CT molecular complexity index is 955. The van der Waals surface area contributed by atoms with Crippen LogP contribution in [0.4, 0.5) is 32.0 Å². The van der Waals surface area contributed by atoms with Gasteiger partial charge in [-0.25, -0.2) is 0 Å². The lowest BCUT2D eigenvalue weighted by Crippen LogP contribution is -2.23. The smallest absolute Gasteiger partial charge is 0.275 e. The van der Waals surface area contributed by atoms with E-state index in [9.17, 15) is 41.3 Å². The van der Waals surface area contributed by atoms with Crippen molar-refractivity contribution >= 4 is 33.2 Å². The number of nitro groups is 1. The molecule has 1 heterocycles. The number of pyridine rings is 1. The Morgan fingerprint density at radius 2 is 1.58 bits per heavy atom. The minimum Gasteiger partial charge on any atom is -0.275 e. The van der Waals surface area contributed by atoms with Crippen molar-refractivity contribution in [2.75, 3.05) is 0 Å². The normalized spacial score (nSPS) is 12.3. The Balaban J connectivity index is 2.91. The highest BCUT2D eigenvalue weighted by molar-refractivity contribution is 9.10. The van der Waals surface area contributed by atoms with Crippen LogP contribution in [0.2, 0.25) is 5.02 Å². The molecule has 0 N–H and O–H groups in total. The van der Waals surface area contributed by atoms with Crippen LogP contribution in [0.1, 0.15) is 11.1 Å². The molecule has 0 fully saturated rings. The minimum atomic E-state index is -4.99. The maximum Gasteiger partial charge on any atom is 0.417 e. The summed E-state index contributed by atoms with van der Waals surface area (Å²) in [4.78, 5) is 22.0. The second kappa shape index (κ2) is 6.58. The number of halogens is 8. The zero-order valence-electron chi connectivity index (χ0n) is 12.0. The molecule has 0 saturated carbocycles. The van der Waals surface area contributed by atoms with Crippen molar-refractivity contribution in [3.63, 3.8) is 0 Å². The molecule has 0 saturated heterocycles. The highest BCUT2D eigenvalue weighted by atomic mass is 79.9. The van der Waals surface area contributed by atoms with Crippen LogP contribution < -0.4 is 5.56 Å². The van der Waals surface area contributed by atoms with Crippen molar-refractivity contribution < 1.29 is 31.3 Å². The van der Waals surface area contributed by atoms with Crippen LogP contribution >= 0.6 is 27.5 Å². The van der Waals surface area contributed by atoms with E-state index in [1.165, 1.54) is 0 Å². The van der Waals surface area contributed by atoms with Crippen molar-refractivity contribution in [3.05, 3.63) is 65.5 Å². The zero-order chi connectivity index (χ0) is 20.0. The van der Waals surface area contributed by atoms with Gasteiger partial charge in [-0.05, 0) is 28.1 Å². The molecular weight excluding hydrogens is 461 g/mol. The van der Waals surface area contributed by atoms with Crippen LogP contribution in [-0.2, 0) is 12.4 Å². The summed E-state index contributed by atoms with van der Waals surface area (Å²) in [6, 6.07) is 0.801. The van der Waals surface area contributed by atoms with Crippen molar-refractivity contribution in [2.45, 2.75) is 12.4 Å². The molecule has 2 rings (SSSR count). The third-order valence-corrected chi connectivity index (χ3v) is 3.97. The molecule has 0 aliphatic heterocycles. The van der Waals surface area contributed by atoms with Gasteiger partial charge >= 0.3 is 12.4 Å². The summed E-state index contributed by atoms with van der Waals surface area (Å²) >= 11 is 8.24. The molecule has 0 bridgehead atoms. The van der Waals surface area contributed by atoms with Crippen molar-refractivity contribution in [1.82, 2.24) is 4.57 Å². The van der Waals surface area contributed by atoms with Gasteiger partial charge in [-0.1, -0.05) is 11.6 Å². The summed E-state index contributed by atoms with van der Waals surface area (Å²) in [6.45, 7) is 0. The number of aromatic nitrogens is 1. The van der Waals surface area contributed by atoms with E-state index in [2.05, 4.69) is 15.9 Å². The lowest BCUT2D eigenvalue weighted by atomic mass is 10.1. The van der Waals surface area contributed by atoms with Gasteiger partial charge in [-0.2, -0.15) is 26.3 Å². The van der Waals surface area contributed by atoms with E-state index in [1.54, 1.807) is 0 Å². The zero-order valence-corrected chi connectivity index (χ0v) is 14.3. The Kier molecular flexibility index (Phi) is 5.12. The minimum absolute atomic E-state index is 0.0851. The average molecular weight is 466 g/mol. The summed E-state index contributed by atoms with van der Waals surface area (Å²) in [7, 11) is 0. The molecule has 0 aliphatic rings. The molecule has 0 atom stereocenters. The molecule has 0 aliphatic carbocycles. The lowest BCUT2D eigenvalue weighted by molar-refractivity contribution is -0.384. The first-order valence-corrected chi connectivity index (χ1v) is 7.45. The molecule has 1 aromatic heterocycles. The number of benzene rings is 1. The van der Waals surface area contributed by atoms with Gasteiger partial charge in [0, 0.05) is 12.3 Å². The second-order valence-corrected chi connectivity index (χ2v) is 6.09. The number of nitro benzene ring substituents is 1. The number of alkyl halides is 6. The van der Waals surface area contributed by atoms with E-state index in [4.69, 9.17) is 11.6 Å². The second-order valence-electron chi connectivity index (χ2n) is 4.83. The van der Waals surface area contributed by atoms with E-state index in [0.717, 1.165) is 0 Å². The lowest BCUT2D eigenvalue weighted by Gasteiger charge is -2.15. The molecule has 0 spiro atoms. The first kappa shape index (κ1) is 20.2. The fourth-order valence-electron chi connectivity index (χ4n) is 2.00. The highest BCUT2D eigenvalue weighted by Gasteiger charge is 2.36. The maximum atomic E-state index is 12.9. The third-order valence-electron chi connectivity index (χ3n) is 3.11. The van der Waals surface area contributed by atoms with Gasteiger partial charge in [-0.3, -0.25) is 19.5 Å². The molecule has 5 nitrogen and oxygen atoms in total. The van der Waals surface area contributed by atoms with E-state index < -0.39 is 54.8 Å². The number of hydrogen-bond donors (Lipinski definition) is 0. The van der Waals surface area contributed by atoms with Crippen LogP contribution in [0.15, 0.2) is 33.7 Å². The van der Waals surface area contributed by atoms with Crippen molar-refractivity contribution in [3.8, 4) is 5.69 Å². The molecular formula is C13H4BrClF6N2O3. The number of rotatable bonds is 2. The predicted molar refractivity (Wildman–Crippen MR) is 81.4 cm³/mol. The molecule has 2 aromatic rings. The number of hydrogen-bond acceptors (Lipinski definition) is 3. The fraction of sp³-hybridized carbons (Fsp3) is 0.154. The quantitative estimate of drug-likeness (QED) is 0.348. The van der Waals surface area contributed by atoms with E-state index in [1.807, 2.05) is 0 Å². The van der Waals surface area contributed by atoms with Gasteiger partial charge in [-0.15, -0.1) is 0 Å². The topological polar surface area (TPSA) is 65.1 Å². The SMILES string of the molecule is O=c1c(Br)cc(C(F)(F)F)cn1-c1c(Cl)cc(C(F)(F)F)cc1[N+](=O)[O-]. The molecule has 13 heteroatoms. The Labute approximate surface area is 153 Å². The molecule has 26 heavy (non-hydrogen) atoms. The van der Waals surface area contributed by atoms with E-state index in [-0.39, 0.29) is 22.9 Å². The van der Waals surface area contributed by atoms with Gasteiger partial charge in [0.15, 0.2) is 0 Å². The van der Waals surface area contributed by atoms with Gasteiger partial charge in [0.2, 0.25) is 0 Å². The van der Waals surface area contributed by atoms with E-state index >= 15 is 0 Å². The molecule has 1 aromatic carbocycles. The van der Waals surface area contributed by atoms with E-state index in [0.29, 0.717) is 6.07 Å². The predicted octanol–water partition coefficient (Wildman–Crippen LogP) is 5.20. The Morgan fingerprint density at radius 1 is 1.04 bits per heavy atom. The largest absolute Gasteiger partial charge is 0.417 e. The summed E-state index contributed by atoms with van der Waals surface area (Å²) in [5.74, 6) is 0. The highest BCUT2D eigenvalue weighted by Crippen LogP contribution is 2.39. The third kappa shape index (κ3) is 3.85. The summed E-state index contributed by atoms with van der Waals surface area (Å²) in [5, 5.41) is 10.2. The van der Waals surface area contributed by atoms with Crippen LogP contribution in [-0.4, -0.2) is 9.49 Å². The van der Waals surface area contributed by atoms with Gasteiger partial charge in [0.25, 0.3) is 11.2 Å². The van der Waals surface area contributed by atoms with Crippen LogP contribution in [0.3, 0.4) is 0 Å². The van der Waals surface area contributed by atoms with Crippen molar-refractivity contribution in [1.29, 1.82) is 0 Å². The number of nitrogens with zero attached hydrogens (tertiary/aromatic N) is 2. The maximum absolute atomic E-state index is 12.9. The first-order chi connectivity index (χ1) is 11.7. The summed E-state index contributed by atoms with van der Waals surface area (Å²) in [5.41, 5.74) is -6.23. The monoisotopic (exact) mass is 464 g/mol. The first-order valence-electron chi connectivity index (χ1n) is 6.28. The van der Waals surface area contributed by atoms with Gasteiger partial charge in [0.05, 0.1) is 25.5 Å². The molecule has 0 radical (unpaired) electrons. The summed E-state index contributed by atoms with van der Waals surface area (Å²) in [6.07, 6.45) is -9.70. The molecule has 0 unspecified atom stereocenters. The van der Waals surface area contributed by atoms with Crippen LogP contribution in [0, 0.1) is 10.1 Å². The molecule has 140 valence electrons.